The Morgan fingerprint density at radius 3 is 0.630 bits per heavy atom. The molecule has 1 aliphatic carbocycles. The van der Waals surface area contributed by atoms with Crippen molar-refractivity contribution in [1.29, 1.82) is 0 Å². The van der Waals surface area contributed by atoms with Crippen molar-refractivity contribution in [1.82, 2.24) is 9.97 Å². The number of aromatic amines is 2. The summed E-state index contributed by atoms with van der Waals surface area (Å²) in [5, 5.41) is 1.88. The molecule has 0 saturated heterocycles. The summed E-state index contributed by atoms with van der Waals surface area (Å²) in [6.07, 6.45) is 0. The van der Waals surface area contributed by atoms with E-state index in [0.29, 0.717) is 0 Å². The Hall–Kier alpha value is -12.8. The van der Waals surface area contributed by atoms with Crippen LogP contribution < -0.4 is 10.7 Å². The lowest BCUT2D eigenvalue weighted by Crippen LogP contribution is -2.25. The highest BCUT2D eigenvalue weighted by Crippen LogP contribution is 2.56. The van der Waals surface area contributed by atoms with Crippen LogP contribution in [0.2, 0.25) is 0 Å². The number of allylic oxidation sites excluding steroid dienone is 4. The van der Waals surface area contributed by atoms with E-state index in [4.69, 9.17) is 9.98 Å². The first kappa shape index (κ1) is 68.4. The van der Waals surface area contributed by atoms with Gasteiger partial charge in [-0.3, -0.25) is 0 Å². The van der Waals surface area contributed by atoms with Gasteiger partial charge in [-0.05, 0) is 194 Å². The van der Waals surface area contributed by atoms with Gasteiger partial charge in [0.05, 0.1) is 44.9 Å². The van der Waals surface area contributed by atoms with E-state index in [9.17, 15) is 0 Å². The standard InChI is InChI=1S/C104H86N4/c1-61-53-65(5)81(66(6)54-61)93-97-85(73-37-21-13-22-38-73)87(75-41-25-15-26-42-75)99(105-97)94(82-67(7)55-62(2)56-68(82)8)101-89(77-45-29-17-30-46-77)91(79-49-33-19-34-50-79)103(107-101)96(84-71(11)59-64(4)60-72(84)12)104-92(80-51-35-20-36-52-80)90(78-47-31-18-32-48-78)102(108-104)95(83-69(9)57-63(3)58-70(83)10)100-88(76-43-27-16-28-44-76)86(98(93)106-100)74-39-23-14-24-40-74/h13-60,105,108H,1-12H3. The third-order valence-corrected chi connectivity index (χ3v) is 22.0. The minimum absolute atomic E-state index is 0.852. The molecule has 0 fully saturated rings. The predicted molar refractivity (Wildman–Crippen MR) is 457 cm³/mol. The lowest BCUT2D eigenvalue weighted by molar-refractivity contribution is 1.22. The van der Waals surface area contributed by atoms with Gasteiger partial charge < -0.3 is 9.97 Å². The first-order valence-electron chi connectivity index (χ1n) is 37.8. The van der Waals surface area contributed by atoms with Crippen LogP contribution in [-0.2, 0) is 0 Å². The summed E-state index contributed by atoms with van der Waals surface area (Å²) in [6, 6.07) is 108. The lowest BCUT2D eigenvalue weighted by atomic mass is 9.81. The predicted octanol–water partition coefficient (Wildman–Crippen LogP) is 24.5. The molecule has 0 radical (unpaired) electrons. The molecular formula is C104H86N4. The smallest absolute Gasteiger partial charge is 0.0822 e. The van der Waals surface area contributed by atoms with Crippen molar-refractivity contribution in [2.24, 2.45) is 9.98 Å². The molecule has 0 atom stereocenters. The van der Waals surface area contributed by atoms with Crippen molar-refractivity contribution in [2.45, 2.75) is 83.1 Å². The van der Waals surface area contributed by atoms with Crippen LogP contribution in [0.15, 0.2) is 313 Å². The van der Waals surface area contributed by atoms with Gasteiger partial charge >= 0.3 is 0 Å². The van der Waals surface area contributed by atoms with Gasteiger partial charge in [0, 0.05) is 66.8 Å². The summed E-state index contributed by atoms with van der Waals surface area (Å²) < 4.78 is 0. The van der Waals surface area contributed by atoms with Crippen molar-refractivity contribution < 1.29 is 0 Å². The Labute approximate surface area is 635 Å². The van der Waals surface area contributed by atoms with Crippen LogP contribution in [0.4, 0.5) is 0 Å². The van der Waals surface area contributed by atoms with Crippen LogP contribution in [0.5, 0.6) is 0 Å². The Bertz CT molecular complexity index is 5840. The van der Waals surface area contributed by atoms with Gasteiger partial charge in [0.15, 0.2) is 0 Å². The maximum atomic E-state index is 6.77. The normalized spacial score (nSPS) is 13.7. The summed E-state index contributed by atoms with van der Waals surface area (Å²) in [7, 11) is 0. The van der Waals surface area contributed by atoms with E-state index in [2.05, 4.69) is 384 Å². The number of nitrogens with zero attached hydrogens (tertiary/aromatic N) is 2. The summed E-state index contributed by atoms with van der Waals surface area (Å²) in [6.45, 7) is 27.3. The van der Waals surface area contributed by atoms with E-state index in [-0.39, 0.29) is 0 Å². The fraction of sp³-hybridized carbons (Fsp3) is 0.115. The van der Waals surface area contributed by atoms with Gasteiger partial charge in [0.2, 0.25) is 0 Å². The summed E-state index contributed by atoms with van der Waals surface area (Å²) in [5.41, 5.74) is 44.2. The number of H-pyrrole nitrogens is 2. The van der Waals surface area contributed by atoms with Crippen LogP contribution in [-0.4, -0.2) is 21.4 Å². The average molecular weight is 1390 g/mol. The molecule has 2 N–H and O–H groups in total. The van der Waals surface area contributed by atoms with Gasteiger partial charge in [0.1, 0.15) is 0 Å². The monoisotopic (exact) mass is 1390 g/mol. The first-order valence-corrected chi connectivity index (χ1v) is 37.8. The molecule has 2 aromatic heterocycles. The maximum Gasteiger partial charge on any atom is 0.0822 e. The highest BCUT2D eigenvalue weighted by atomic mass is 14.9. The second-order valence-electron chi connectivity index (χ2n) is 29.9. The molecule has 522 valence electrons. The van der Waals surface area contributed by atoms with Crippen molar-refractivity contribution in [3.05, 3.63) is 436 Å². The summed E-state index contributed by atoms with van der Waals surface area (Å²) >= 11 is 0. The number of aliphatic imine (C=N–C) groups is 2. The molecule has 4 heterocycles. The number of nitrogens with one attached hydrogen (secondary N) is 2. The Morgan fingerprint density at radius 1 is 0.185 bits per heavy atom. The van der Waals surface area contributed by atoms with Crippen molar-refractivity contribution in [2.75, 3.05) is 0 Å². The molecule has 2 aliphatic heterocycles. The zero-order valence-electron chi connectivity index (χ0n) is 63.6. The molecule has 3 aliphatic rings. The number of rotatable bonds is 12. The molecular weight excluding hydrogens is 1310 g/mol. The van der Waals surface area contributed by atoms with Gasteiger partial charge in [-0.1, -0.05) is 313 Å². The zero-order valence-corrected chi connectivity index (χ0v) is 63.6. The van der Waals surface area contributed by atoms with Crippen molar-refractivity contribution in [3.8, 4) is 44.5 Å². The summed E-state index contributed by atoms with van der Waals surface area (Å²) in [5.74, 6) is 0. The van der Waals surface area contributed by atoms with E-state index < -0.39 is 0 Å². The third kappa shape index (κ3) is 11.8. The number of aromatic nitrogens is 2. The van der Waals surface area contributed by atoms with E-state index in [1.165, 1.54) is 22.3 Å². The van der Waals surface area contributed by atoms with Gasteiger partial charge in [-0.15, -0.1) is 0 Å². The molecule has 14 aromatic rings. The molecule has 12 aromatic carbocycles. The maximum absolute atomic E-state index is 6.77. The third-order valence-electron chi connectivity index (χ3n) is 22.0. The number of hydrogen-bond acceptors (Lipinski definition) is 2. The van der Waals surface area contributed by atoms with E-state index in [1.54, 1.807) is 0 Å². The minimum atomic E-state index is 0.852. The molecule has 4 heteroatoms. The van der Waals surface area contributed by atoms with Crippen LogP contribution >= 0.6 is 0 Å². The van der Waals surface area contributed by atoms with Crippen molar-refractivity contribution >= 4 is 56.0 Å². The molecule has 17 rings (SSSR count). The van der Waals surface area contributed by atoms with Crippen LogP contribution in [0, 0.1) is 83.1 Å². The summed E-state index contributed by atoms with van der Waals surface area (Å²) in [4.78, 5) is 22.9. The number of benzene rings is 12. The number of hydrogen-bond donors (Lipinski definition) is 2. The van der Waals surface area contributed by atoms with Crippen molar-refractivity contribution in [3.63, 3.8) is 0 Å². The first-order chi connectivity index (χ1) is 52.6. The van der Waals surface area contributed by atoms with Crippen LogP contribution in [0.3, 0.4) is 0 Å². The molecule has 0 amide bonds. The van der Waals surface area contributed by atoms with Gasteiger partial charge in [0.25, 0.3) is 0 Å². The average Bonchev–Trinajstić information content (AvgIpc) is 1.54. The molecule has 0 unspecified atom stereocenters. The van der Waals surface area contributed by atoms with E-state index in [1.807, 2.05) is 0 Å². The second-order valence-corrected chi connectivity index (χ2v) is 29.9. The quantitative estimate of drug-likeness (QED) is 0.122. The van der Waals surface area contributed by atoms with Gasteiger partial charge in [-0.25, -0.2) is 9.98 Å². The largest absolute Gasteiger partial charge is 0.353 e. The Morgan fingerprint density at radius 2 is 0.389 bits per heavy atom. The molecule has 108 heavy (non-hydrogen) atoms. The Kier molecular flexibility index (Phi) is 17.7. The highest BCUT2D eigenvalue weighted by Gasteiger charge is 2.41. The zero-order chi connectivity index (χ0) is 74.2. The van der Waals surface area contributed by atoms with Gasteiger partial charge in [-0.2, -0.15) is 0 Å². The molecule has 4 nitrogen and oxygen atoms in total. The van der Waals surface area contributed by atoms with Crippen LogP contribution in [0.1, 0.15) is 123 Å². The number of fused-ring (bicyclic) bond motifs is 10. The van der Waals surface area contributed by atoms with E-state index in [0.717, 1.165) is 223 Å². The SMILES string of the molecule is Cc1cc(C)c(C2=C3N=C(C(c4ccccc4)=C3c3ccccc3)C(c3c(C)cc(C)cc3C)=c3[nH]c(c(-c4ccccc4)c3-c3ccccc3)=C(c3c(C)cc(C)cc3C)C3=NC(=C(c4c(C)cc(C)cc4C)c4[nH]c2c(-c2ccccc2)c4-c2ccccc2)C(c2ccccc2)=C3c2ccccc2)c(C)c1. The van der Waals surface area contributed by atoms with Crippen LogP contribution in [0.25, 0.3) is 89.1 Å². The molecule has 8 bridgehead atoms. The van der Waals surface area contributed by atoms with E-state index >= 15 is 0 Å². The molecule has 0 spiro atoms. The minimum Gasteiger partial charge on any atom is -0.353 e. The Balaban J connectivity index is 1.29. The topological polar surface area (TPSA) is 56.3 Å². The number of aryl methyl sites for hydroxylation is 12. The lowest BCUT2D eigenvalue weighted by Gasteiger charge is -2.21. The highest BCUT2D eigenvalue weighted by molar-refractivity contribution is 6.53. The second kappa shape index (κ2) is 27.9. The fourth-order valence-electron chi connectivity index (χ4n) is 18.3. The fourth-order valence-corrected chi connectivity index (χ4v) is 18.3. The molecule has 0 saturated carbocycles.